The number of nitrogens with zero attached hydrogens (tertiary/aromatic N) is 2. The maximum atomic E-state index is 12.4. The fourth-order valence-electron chi connectivity index (χ4n) is 3.02. The average Bonchev–Trinajstić information content (AvgIpc) is 2.42. The predicted octanol–water partition coefficient (Wildman–Crippen LogP) is 3.74. The molecule has 0 saturated heterocycles. The van der Waals surface area contributed by atoms with Crippen molar-refractivity contribution in [3.63, 3.8) is 0 Å². The van der Waals surface area contributed by atoms with Gasteiger partial charge in [-0.25, -0.2) is 0 Å². The van der Waals surface area contributed by atoms with Crippen molar-refractivity contribution in [2.75, 3.05) is 6.54 Å². The molecule has 108 valence electrons. The van der Waals surface area contributed by atoms with Gasteiger partial charge < -0.3 is 4.90 Å². The first-order valence-electron chi connectivity index (χ1n) is 7.77. The smallest absolute Gasteiger partial charge is 0.226 e. The number of carbonyl (C=O) groups excluding carboxylic acids is 1. The van der Waals surface area contributed by atoms with E-state index in [-0.39, 0.29) is 24.4 Å². The summed E-state index contributed by atoms with van der Waals surface area (Å²) in [6.07, 6.45) is 8.31. The second kappa shape index (κ2) is 8.19. The molecule has 1 aliphatic rings. The molecule has 0 radical (unpaired) electrons. The van der Waals surface area contributed by atoms with E-state index in [0.29, 0.717) is 0 Å². The van der Waals surface area contributed by atoms with Gasteiger partial charge in [-0.2, -0.15) is 5.26 Å². The molecule has 1 aliphatic carbocycles. The van der Waals surface area contributed by atoms with Crippen molar-refractivity contribution in [1.29, 1.82) is 5.26 Å². The minimum absolute atomic E-state index is 0.130. The monoisotopic (exact) mass is 264 g/mol. The second-order valence-corrected chi connectivity index (χ2v) is 6.08. The van der Waals surface area contributed by atoms with Crippen molar-refractivity contribution in [1.82, 2.24) is 4.90 Å². The van der Waals surface area contributed by atoms with Crippen LogP contribution in [0, 0.1) is 23.2 Å². The Morgan fingerprint density at radius 3 is 2.42 bits per heavy atom. The van der Waals surface area contributed by atoms with E-state index in [1.807, 2.05) is 13.8 Å². The summed E-state index contributed by atoms with van der Waals surface area (Å²) in [5.74, 6) is 1.19. The number of hydrogen-bond acceptors (Lipinski definition) is 2. The number of carbonyl (C=O) groups is 1. The van der Waals surface area contributed by atoms with E-state index < -0.39 is 0 Å². The molecule has 1 amide bonds. The molecule has 0 bridgehead atoms. The van der Waals surface area contributed by atoms with Gasteiger partial charge in [0.1, 0.15) is 6.54 Å². The zero-order valence-electron chi connectivity index (χ0n) is 12.7. The molecule has 0 unspecified atom stereocenters. The van der Waals surface area contributed by atoms with Crippen LogP contribution in [0.5, 0.6) is 0 Å². The van der Waals surface area contributed by atoms with Crippen LogP contribution in [0.2, 0.25) is 0 Å². The molecule has 0 aliphatic heterocycles. The van der Waals surface area contributed by atoms with Gasteiger partial charge in [-0.1, -0.05) is 26.2 Å². The summed E-state index contributed by atoms with van der Waals surface area (Å²) >= 11 is 0. The molecule has 0 N–H and O–H groups in total. The Kier molecular flexibility index (Phi) is 6.91. The lowest BCUT2D eigenvalue weighted by Gasteiger charge is -2.33. The summed E-state index contributed by atoms with van der Waals surface area (Å²) in [5, 5.41) is 8.83. The molecule has 1 fully saturated rings. The van der Waals surface area contributed by atoms with Gasteiger partial charge in [-0.15, -0.1) is 0 Å². The second-order valence-electron chi connectivity index (χ2n) is 6.08. The molecule has 0 spiro atoms. The van der Waals surface area contributed by atoms with Crippen LogP contribution >= 0.6 is 0 Å². The standard InChI is InChI=1S/C16H28N2O/c1-4-5-6-14-7-9-15(10-8-14)16(19)18(12-11-17)13(2)3/h13-15H,4-10,12H2,1-3H3. The highest BCUT2D eigenvalue weighted by atomic mass is 16.2. The highest BCUT2D eigenvalue weighted by molar-refractivity contribution is 5.79. The molecule has 3 nitrogen and oxygen atoms in total. The lowest BCUT2D eigenvalue weighted by Crippen LogP contribution is -2.42. The Morgan fingerprint density at radius 2 is 1.95 bits per heavy atom. The van der Waals surface area contributed by atoms with Crippen LogP contribution in [-0.4, -0.2) is 23.4 Å². The lowest BCUT2D eigenvalue weighted by molar-refractivity contribution is -0.137. The SMILES string of the molecule is CCCCC1CCC(C(=O)N(CC#N)C(C)C)CC1. The van der Waals surface area contributed by atoms with E-state index in [9.17, 15) is 4.79 Å². The molecule has 3 heteroatoms. The average molecular weight is 264 g/mol. The van der Waals surface area contributed by atoms with Crippen LogP contribution in [0.15, 0.2) is 0 Å². The molecule has 0 aromatic rings. The molecular formula is C16H28N2O. The summed E-state index contributed by atoms with van der Waals surface area (Å²) in [5.41, 5.74) is 0. The molecule has 0 aromatic heterocycles. The van der Waals surface area contributed by atoms with E-state index in [4.69, 9.17) is 5.26 Å². The minimum atomic E-state index is 0.130. The molecule has 1 rings (SSSR count). The van der Waals surface area contributed by atoms with Crippen LogP contribution in [0.1, 0.15) is 65.7 Å². The fraction of sp³-hybridized carbons (Fsp3) is 0.875. The first-order valence-corrected chi connectivity index (χ1v) is 7.77. The van der Waals surface area contributed by atoms with Crippen molar-refractivity contribution < 1.29 is 4.79 Å². The summed E-state index contributed by atoms with van der Waals surface area (Å²) in [6.45, 7) is 6.44. The van der Waals surface area contributed by atoms with Gasteiger partial charge in [0.2, 0.25) is 5.91 Å². The maximum Gasteiger partial charge on any atom is 0.226 e. The van der Waals surface area contributed by atoms with Crippen molar-refractivity contribution >= 4 is 5.91 Å². The van der Waals surface area contributed by atoms with Crippen molar-refractivity contribution in [2.45, 2.75) is 71.8 Å². The van der Waals surface area contributed by atoms with E-state index in [2.05, 4.69) is 13.0 Å². The van der Waals surface area contributed by atoms with E-state index in [1.165, 1.54) is 32.1 Å². The van der Waals surface area contributed by atoms with Crippen molar-refractivity contribution in [3.8, 4) is 6.07 Å². The first kappa shape index (κ1) is 16.0. The van der Waals surface area contributed by atoms with Crippen LogP contribution in [0.4, 0.5) is 0 Å². The Balaban J connectivity index is 2.45. The first-order chi connectivity index (χ1) is 9.10. The van der Waals surface area contributed by atoms with E-state index >= 15 is 0 Å². The van der Waals surface area contributed by atoms with Gasteiger partial charge in [-0.05, 0) is 45.4 Å². The fourth-order valence-corrected chi connectivity index (χ4v) is 3.02. The van der Waals surface area contributed by atoms with Crippen LogP contribution in [0.25, 0.3) is 0 Å². The topological polar surface area (TPSA) is 44.1 Å². The van der Waals surface area contributed by atoms with Gasteiger partial charge in [0.05, 0.1) is 6.07 Å². The minimum Gasteiger partial charge on any atom is -0.327 e. The summed E-state index contributed by atoms with van der Waals surface area (Å²) in [4.78, 5) is 14.2. The molecule has 0 heterocycles. The van der Waals surface area contributed by atoms with Gasteiger partial charge in [0.15, 0.2) is 0 Å². The van der Waals surface area contributed by atoms with Gasteiger partial charge >= 0.3 is 0 Å². The highest BCUT2D eigenvalue weighted by Gasteiger charge is 2.30. The summed E-state index contributed by atoms with van der Waals surface area (Å²) in [7, 11) is 0. The van der Waals surface area contributed by atoms with Gasteiger partial charge in [0, 0.05) is 12.0 Å². The lowest BCUT2D eigenvalue weighted by atomic mass is 9.79. The predicted molar refractivity (Wildman–Crippen MR) is 77.4 cm³/mol. The molecule has 19 heavy (non-hydrogen) atoms. The third-order valence-corrected chi connectivity index (χ3v) is 4.31. The third kappa shape index (κ3) is 4.86. The zero-order valence-corrected chi connectivity index (χ0v) is 12.7. The normalized spacial score (nSPS) is 23.1. The highest BCUT2D eigenvalue weighted by Crippen LogP contribution is 2.33. The number of hydrogen-bond donors (Lipinski definition) is 0. The number of amides is 1. The van der Waals surface area contributed by atoms with Gasteiger partial charge in [0.25, 0.3) is 0 Å². The van der Waals surface area contributed by atoms with Crippen LogP contribution in [-0.2, 0) is 4.79 Å². The van der Waals surface area contributed by atoms with Crippen molar-refractivity contribution in [3.05, 3.63) is 0 Å². The Bertz CT molecular complexity index is 311. The number of nitriles is 1. The Labute approximate surface area is 118 Å². The summed E-state index contributed by atoms with van der Waals surface area (Å²) in [6, 6.07) is 2.24. The molecule has 0 aromatic carbocycles. The van der Waals surface area contributed by atoms with Gasteiger partial charge in [-0.3, -0.25) is 4.79 Å². The zero-order chi connectivity index (χ0) is 14.3. The maximum absolute atomic E-state index is 12.4. The third-order valence-electron chi connectivity index (χ3n) is 4.31. The number of unbranched alkanes of at least 4 members (excludes halogenated alkanes) is 1. The number of rotatable bonds is 6. The Morgan fingerprint density at radius 1 is 1.32 bits per heavy atom. The largest absolute Gasteiger partial charge is 0.327 e. The van der Waals surface area contributed by atoms with Crippen LogP contribution < -0.4 is 0 Å². The van der Waals surface area contributed by atoms with Crippen LogP contribution in [0.3, 0.4) is 0 Å². The molecule has 1 saturated carbocycles. The summed E-state index contributed by atoms with van der Waals surface area (Å²) < 4.78 is 0. The van der Waals surface area contributed by atoms with Crippen molar-refractivity contribution in [2.24, 2.45) is 11.8 Å². The van der Waals surface area contributed by atoms with E-state index in [0.717, 1.165) is 18.8 Å². The quantitative estimate of drug-likeness (QED) is 0.686. The Hall–Kier alpha value is -1.04. The molecule has 0 atom stereocenters. The molecular weight excluding hydrogens is 236 g/mol. The van der Waals surface area contributed by atoms with E-state index in [1.54, 1.807) is 4.90 Å².